The summed E-state index contributed by atoms with van der Waals surface area (Å²) in [7, 11) is 1.65. The minimum atomic E-state index is -0.921. The molecule has 0 N–H and O–H groups in total. The van der Waals surface area contributed by atoms with Crippen LogP contribution in [-0.4, -0.2) is 53.8 Å². The van der Waals surface area contributed by atoms with E-state index in [4.69, 9.17) is 9.47 Å². The second-order valence-electron chi connectivity index (χ2n) is 7.78. The molecule has 1 aromatic heterocycles. The highest BCUT2D eigenvalue weighted by Gasteiger charge is 2.31. The van der Waals surface area contributed by atoms with E-state index in [-0.39, 0.29) is 17.5 Å². The van der Waals surface area contributed by atoms with Crippen molar-refractivity contribution in [1.29, 1.82) is 5.26 Å². The lowest BCUT2D eigenvalue weighted by Gasteiger charge is -2.36. The lowest BCUT2D eigenvalue weighted by molar-refractivity contribution is -0.157. The predicted molar refractivity (Wildman–Crippen MR) is 115 cm³/mol. The molecule has 0 aliphatic carbocycles. The molecular formula is C23H33N3O4. The first kappa shape index (κ1) is 23.7. The molecule has 164 valence electrons. The number of carbonyl (C=O) groups excluding carboxylic acids is 2. The van der Waals surface area contributed by atoms with E-state index in [9.17, 15) is 14.9 Å². The number of hydrogen-bond acceptors (Lipinski definition) is 5. The molecule has 0 saturated carbocycles. The number of nitriles is 1. The summed E-state index contributed by atoms with van der Waals surface area (Å²) in [5.74, 6) is -0.963. The van der Waals surface area contributed by atoms with E-state index in [1.54, 1.807) is 14.0 Å². The first-order chi connectivity index (χ1) is 14.3. The van der Waals surface area contributed by atoms with E-state index in [1.165, 1.54) is 6.08 Å². The van der Waals surface area contributed by atoms with Gasteiger partial charge in [0, 0.05) is 37.6 Å². The third-order valence-electron chi connectivity index (χ3n) is 5.79. The fourth-order valence-electron chi connectivity index (χ4n) is 4.02. The Morgan fingerprint density at radius 2 is 2.10 bits per heavy atom. The fraction of sp³-hybridized carbons (Fsp3) is 0.609. The second kappa shape index (κ2) is 11.0. The maximum atomic E-state index is 12.8. The number of piperidine rings is 1. The largest absolute Gasteiger partial charge is 0.448 e. The molecule has 0 aromatic carbocycles. The van der Waals surface area contributed by atoms with Crippen LogP contribution in [0.3, 0.4) is 0 Å². The Balaban J connectivity index is 2.12. The molecule has 1 aliphatic rings. The van der Waals surface area contributed by atoms with E-state index in [2.05, 4.69) is 11.5 Å². The smallest absolute Gasteiger partial charge is 0.349 e. The zero-order valence-corrected chi connectivity index (χ0v) is 18.7. The number of aryl methyl sites for hydroxylation is 1. The number of rotatable bonds is 8. The van der Waals surface area contributed by atoms with Crippen molar-refractivity contribution in [3.8, 4) is 6.07 Å². The summed E-state index contributed by atoms with van der Waals surface area (Å²) in [5, 5.41) is 9.51. The number of methoxy groups -OCH3 is 1. The van der Waals surface area contributed by atoms with Gasteiger partial charge in [0.15, 0.2) is 6.10 Å². The lowest BCUT2D eigenvalue weighted by Crippen LogP contribution is -2.48. The Hall–Kier alpha value is -2.59. The average molecular weight is 416 g/mol. The lowest BCUT2D eigenvalue weighted by atomic mass is 9.99. The van der Waals surface area contributed by atoms with Crippen molar-refractivity contribution < 1.29 is 19.1 Å². The van der Waals surface area contributed by atoms with Crippen molar-refractivity contribution >= 4 is 18.0 Å². The van der Waals surface area contributed by atoms with Gasteiger partial charge in [0.1, 0.15) is 11.6 Å². The van der Waals surface area contributed by atoms with E-state index in [1.807, 2.05) is 30.9 Å². The second-order valence-corrected chi connectivity index (χ2v) is 7.78. The normalized spacial score (nSPS) is 18.1. The molecule has 7 heteroatoms. The van der Waals surface area contributed by atoms with Crippen LogP contribution in [0.2, 0.25) is 0 Å². The number of likely N-dealkylation sites (tertiary alicyclic amines) is 1. The summed E-state index contributed by atoms with van der Waals surface area (Å²) in [6.45, 7) is 9.49. The highest BCUT2D eigenvalue weighted by Crippen LogP contribution is 2.22. The van der Waals surface area contributed by atoms with Crippen molar-refractivity contribution in [2.45, 2.75) is 72.1 Å². The fourth-order valence-corrected chi connectivity index (χ4v) is 4.02. The molecule has 1 fully saturated rings. The number of hydrogen-bond donors (Lipinski definition) is 0. The molecule has 2 heterocycles. The van der Waals surface area contributed by atoms with Crippen LogP contribution in [0.5, 0.6) is 0 Å². The Kier molecular flexibility index (Phi) is 8.67. The number of esters is 1. The number of amides is 1. The molecule has 0 bridgehead atoms. The van der Waals surface area contributed by atoms with Crippen LogP contribution in [0.1, 0.15) is 56.5 Å². The van der Waals surface area contributed by atoms with Gasteiger partial charge in [0.05, 0.1) is 6.61 Å². The average Bonchev–Trinajstić information content (AvgIpc) is 3.01. The van der Waals surface area contributed by atoms with Gasteiger partial charge in [-0.15, -0.1) is 0 Å². The molecule has 2 unspecified atom stereocenters. The molecule has 1 amide bonds. The van der Waals surface area contributed by atoms with Crippen LogP contribution in [0, 0.1) is 25.2 Å². The summed E-state index contributed by atoms with van der Waals surface area (Å²) in [6.07, 6.45) is 4.54. The zero-order valence-electron chi connectivity index (χ0n) is 18.7. The minimum Gasteiger partial charge on any atom is -0.448 e. The predicted octanol–water partition coefficient (Wildman–Crippen LogP) is 3.38. The number of nitrogens with zero attached hydrogens (tertiary/aromatic N) is 3. The molecule has 0 spiro atoms. The van der Waals surface area contributed by atoms with Gasteiger partial charge in [-0.05, 0) is 64.2 Å². The van der Waals surface area contributed by atoms with Gasteiger partial charge >= 0.3 is 5.97 Å². The molecule has 2 rings (SSSR count). The number of ether oxygens (including phenoxy) is 2. The van der Waals surface area contributed by atoms with Gasteiger partial charge in [-0.25, -0.2) is 4.79 Å². The van der Waals surface area contributed by atoms with Crippen molar-refractivity contribution in [2.24, 2.45) is 0 Å². The first-order valence-corrected chi connectivity index (χ1v) is 10.6. The van der Waals surface area contributed by atoms with Crippen LogP contribution < -0.4 is 0 Å². The minimum absolute atomic E-state index is 0.118. The van der Waals surface area contributed by atoms with Gasteiger partial charge in [-0.1, -0.05) is 6.92 Å². The van der Waals surface area contributed by atoms with E-state index >= 15 is 0 Å². The van der Waals surface area contributed by atoms with Crippen molar-refractivity contribution in [2.75, 3.05) is 20.3 Å². The van der Waals surface area contributed by atoms with E-state index < -0.39 is 12.1 Å². The molecule has 1 saturated heterocycles. The van der Waals surface area contributed by atoms with Gasteiger partial charge < -0.3 is 18.9 Å². The Bertz CT molecular complexity index is 834. The van der Waals surface area contributed by atoms with Crippen LogP contribution in [0.15, 0.2) is 11.6 Å². The molecule has 7 nitrogen and oxygen atoms in total. The number of carbonyl (C=O) groups is 2. The zero-order chi connectivity index (χ0) is 22.3. The van der Waals surface area contributed by atoms with Crippen molar-refractivity contribution in [3.63, 3.8) is 0 Å². The Labute approximate surface area is 179 Å². The van der Waals surface area contributed by atoms with E-state index in [0.29, 0.717) is 19.7 Å². The standard InChI is InChI=1S/C23H33N3O4/c1-6-21-9-7-8-10-26(21)22(27)18(4)30-23(28)20(15-24)14-19-13-16(2)25(17(19)3)11-12-29-5/h13-14,18,21H,6-12H2,1-5H3/b20-14+. The van der Waals surface area contributed by atoms with E-state index in [0.717, 1.165) is 42.6 Å². The van der Waals surface area contributed by atoms with Gasteiger partial charge in [0.25, 0.3) is 5.91 Å². The van der Waals surface area contributed by atoms with Gasteiger partial charge in [0.2, 0.25) is 0 Å². The Morgan fingerprint density at radius 3 is 2.73 bits per heavy atom. The topological polar surface area (TPSA) is 84.6 Å². The summed E-state index contributed by atoms with van der Waals surface area (Å²) in [4.78, 5) is 27.2. The van der Waals surface area contributed by atoms with Crippen molar-refractivity contribution in [3.05, 3.63) is 28.6 Å². The van der Waals surface area contributed by atoms with Crippen LogP contribution in [0.4, 0.5) is 0 Å². The summed E-state index contributed by atoms with van der Waals surface area (Å²) in [6, 6.07) is 4.03. The Morgan fingerprint density at radius 1 is 1.37 bits per heavy atom. The highest BCUT2D eigenvalue weighted by molar-refractivity contribution is 5.99. The third-order valence-corrected chi connectivity index (χ3v) is 5.79. The van der Waals surface area contributed by atoms with Gasteiger partial charge in [-0.2, -0.15) is 5.26 Å². The summed E-state index contributed by atoms with van der Waals surface area (Å²) >= 11 is 0. The molecule has 1 aliphatic heterocycles. The molecule has 30 heavy (non-hydrogen) atoms. The SMILES string of the molecule is CCC1CCCCN1C(=O)C(C)OC(=O)/C(C#N)=C/c1cc(C)n(CCOC)c1C. The summed E-state index contributed by atoms with van der Waals surface area (Å²) in [5.41, 5.74) is 2.61. The molecular weight excluding hydrogens is 382 g/mol. The quantitative estimate of drug-likeness (QED) is 0.369. The van der Waals surface area contributed by atoms with Crippen LogP contribution in [0.25, 0.3) is 6.08 Å². The maximum Gasteiger partial charge on any atom is 0.349 e. The number of aromatic nitrogens is 1. The van der Waals surface area contributed by atoms with Gasteiger partial charge in [-0.3, -0.25) is 4.79 Å². The summed E-state index contributed by atoms with van der Waals surface area (Å²) < 4.78 is 12.6. The highest BCUT2D eigenvalue weighted by atomic mass is 16.5. The van der Waals surface area contributed by atoms with Crippen LogP contribution >= 0.6 is 0 Å². The first-order valence-electron chi connectivity index (χ1n) is 10.6. The van der Waals surface area contributed by atoms with Crippen molar-refractivity contribution in [1.82, 2.24) is 9.47 Å². The third kappa shape index (κ3) is 5.51. The monoisotopic (exact) mass is 415 g/mol. The van der Waals surface area contributed by atoms with Crippen LogP contribution in [-0.2, 0) is 25.6 Å². The molecule has 2 atom stereocenters. The maximum absolute atomic E-state index is 12.8. The molecule has 0 radical (unpaired) electrons. The molecule has 1 aromatic rings.